The van der Waals surface area contributed by atoms with Gasteiger partial charge < -0.3 is 33.5 Å². The van der Waals surface area contributed by atoms with Gasteiger partial charge in [-0.2, -0.15) is 8.42 Å². The lowest BCUT2D eigenvalue weighted by molar-refractivity contribution is -0.0829. The van der Waals surface area contributed by atoms with Gasteiger partial charge >= 0.3 is 0 Å². The first kappa shape index (κ1) is 27.9. The summed E-state index contributed by atoms with van der Waals surface area (Å²) in [5, 5.41) is 9.70. The molecule has 1 aromatic carbocycles. The lowest BCUT2D eigenvalue weighted by Crippen LogP contribution is -2.24. The summed E-state index contributed by atoms with van der Waals surface area (Å²) in [6.07, 6.45) is -1.60. The highest BCUT2D eigenvalue weighted by Gasteiger charge is 2.20. The average Bonchev–Trinajstić information content (AvgIpc) is 2.73. The zero-order valence-corrected chi connectivity index (χ0v) is 19.0. The van der Waals surface area contributed by atoms with E-state index in [9.17, 15) is 13.5 Å². The van der Waals surface area contributed by atoms with Crippen LogP contribution in [0.1, 0.15) is 5.56 Å². The third-order valence-electron chi connectivity index (χ3n) is 3.73. The van der Waals surface area contributed by atoms with Crippen molar-refractivity contribution in [3.63, 3.8) is 0 Å². The molecule has 11 heteroatoms. The summed E-state index contributed by atoms with van der Waals surface area (Å²) in [5.41, 5.74) is 0.918. The summed E-state index contributed by atoms with van der Waals surface area (Å²) < 4.78 is 60.0. The van der Waals surface area contributed by atoms with E-state index in [0.717, 1.165) is 5.56 Å². The Bertz CT molecular complexity index is 650. The minimum Gasteiger partial charge on any atom is -0.382 e. The van der Waals surface area contributed by atoms with Crippen LogP contribution in [0.15, 0.2) is 29.2 Å². The molecule has 0 aromatic heterocycles. The van der Waals surface area contributed by atoms with Crippen LogP contribution in [0, 0.1) is 6.92 Å². The molecule has 1 atom stereocenters. The van der Waals surface area contributed by atoms with Gasteiger partial charge in [-0.3, -0.25) is 0 Å². The minimum atomic E-state index is -4.05. The number of benzene rings is 1. The smallest absolute Gasteiger partial charge is 0.299 e. The van der Waals surface area contributed by atoms with Gasteiger partial charge in [0.1, 0.15) is 0 Å². The molecule has 1 N–H and O–H groups in total. The molecule has 0 fully saturated rings. The standard InChI is InChI=1S/C20H34O10S/c1-18-3-5-19(6-4-18)31(22,23)30-20(21)17-29-16-15-28-14-13-27-12-11-26-10-9-25-8-7-24-2/h3-6,20-21H,7-17H2,1-2H3. The van der Waals surface area contributed by atoms with Crippen molar-refractivity contribution >= 4 is 10.1 Å². The molecule has 0 aliphatic carbocycles. The van der Waals surface area contributed by atoms with Gasteiger partial charge in [0.05, 0.1) is 77.6 Å². The van der Waals surface area contributed by atoms with Gasteiger partial charge in [0.2, 0.25) is 0 Å². The highest BCUT2D eigenvalue weighted by molar-refractivity contribution is 7.86. The van der Waals surface area contributed by atoms with Gasteiger partial charge in [-0.1, -0.05) is 17.7 Å². The number of rotatable bonds is 20. The SMILES string of the molecule is COCCOCCOCCOCCOCCOCC(O)OS(=O)(=O)c1ccc(C)cc1. The van der Waals surface area contributed by atoms with Gasteiger partial charge in [-0.15, -0.1) is 0 Å². The van der Waals surface area contributed by atoms with Crippen LogP contribution in [0.25, 0.3) is 0 Å². The summed E-state index contributed by atoms with van der Waals surface area (Å²) in [5.74, 6) is 0. The van der Waals surface area contributed by atoms with Crippen molar-refractivity contribution in [1.29, 1.82) is 0 Å². The molecule has 1 unspecified atom stereocenters. The molecule has 0 radical (unpaired) electrons. The molecule has 0 spiro atoms. The van der Waals surface area contributed by atoms with E-state index < -0.39 is 16.4 Å². The molecule has 10 nitrogen and oxygen atoms in total. The number of aliphatic hydroxyl groups excluding tert-OH is 1. The molecule has 0 bridgehead atoms. The lowest BCUT2D eigenvalue weighted by atomic mass is 10.2. The second-order valence-corrected chi connectivity index (χ2v) is 7.91. The highest BCUT2D eigenvalue weighted by Crippen LogP contribution is 2.14. The van der Waals surface area contributed by atoms with Crippen LogP contribution in [0.5, 0.6) is 0 Å². The van der Waals surface area contributed by atoms with Crippen molar-refractivity contribution in [3.8, 4) is 0 Å². The van der Waals surface area contributed by atoms with E-state index in [2.05, 4.69) is 0 Å². The van der Waals surface area contributed by atoms with Crippen LogP contribution in [0.4, 0.5) is 0 Å². The van der Waals surface area contributed by atoms with Crippen LogP contribution in [-0.4, -0.2) is 99.6 Å². The number of hydrogen-bond acceptors (Lipinski definition) is 10. The molecule has 0 aliphatic rings. The third kappa shape index (κ3) is 14.5. The summed E-state index contributed by atoms with van der Waals surface area (Å²) in [6.45, 7) is 5.86. The van der Waals surface area contributed by atoms with Gasteiger partial charge in [-0.05, 0) is 19.1 Å². The second kappa shape index (κ2) is 17.4. The number of aryl methyl sites for hydroxylation is 1. The Morgan fingerprint density at radius 2 is 1.16 bits per heavy atom. The van der Waals surface area contributed by atoms with Crippen molar-refractivity contribution in [2.24, 2.45) is 0 Å². The lowest BCUT2D eigenvalue weighted by Gasteiger charge is -2.13. The van der Waals surface area contributed by atoms with Crippen LogP contribution >= 0.6 is 0 Å². The van der Waals surface area contributed by atoms with Crippen molar-refractivity contribution in [3.05, 3.63) is 29.8 Å². The molecule has 0 heterocycles. The monoisotopic (exact) mass is 466 g/mol. The Kier molecular flexibility index (Phi) is 15.7. The Balaban J connectivity index is 1.92. The molecular formula is C20H34O10S. The van der Waals surface area contributed by atoms with E-state index in [1.165, 1.54) is 12.1 Å². The van der Waals surface area contributed by atoms with E-state index in [1.807, 2.05) is 6.92 Å². The third-order valence-corrected chi connectivity index (χ3v) is 5.05. The predicted octanol–water partition coefficient (Wildman–Crippen LogP) is 0.748. The zero-order chi connectivity index (χ0) is 22.8. The topological polar surface area (TPSA) is 119 Å². The summed E-state index contributed by atoms with van der Waals surface area (Å²) in [6, 6.07) is 6.13. The van der Waals surface area contributed by atoms with E-state index >= 15 is 0 Å². The number of aliphatic hydroxyl groups is 1. The summed E-state index contributed by atoms with van der Waals surface area (Å²) >= 11 is 0. The van der Waals surface area contributed by atoms with Crippen molar-refractivity contribution in [2.45, 2.75) is 18.1 Å². The molecule has 31 heavy (non-hydrogen) atoms. The van der Waals surface area contributed by atoms with Crippen molar-refractivity contribution in [2.75, 3.05) is 79.8 Å². The Labute approximate surface area is 184 Å². The van der Waals surface area contributed by atoms with E-state index in [4.69, 9.17) is 32.6 Å². The maximum Gasteiger partial charge on any atom is 0.299 e. The van der Waals surface area contributed by atoms with Gasteiger partial charge in [-0.25, -0.2) is 4.18 Å². The molecule has 0 saturated heterocycles. The molecule has 0 saturated carbocycles. The quantitative estimate of drug-likeness (QED) is 0.167. The molecule has 0 aliphatic heterocycles. The first-order valence-corrected chi connectivity index (χ1v) is 11.4. The van der Waals surface area contributed by atoms with E-state index in [-0.39, 0.29) is 24.7 Å². The minimum absolute atomic E-state index is 0.0266. The molecular weight excluding hydrogens is 432 g/mol. The first-order valence-electron chi connectivity index (χ1n) is 10.0. The van der Waals surface area contributed by atoms with Crippen molar-refractivity contribution < 1.29 is 46.1 Å². The maximum absolute atomic E-state index is 12.0. The Morgan fingerprint density at radius 3 is 1.61 bits per heavy atom. The van der Waals surface area contributed by atoms with Gasteiger partial charge in [0.25, 0.3) is 10.1 Å². The zero-order valence-electron chi connectivity index (χ0n) is 18.2. The van der Waals surface area contributed by atoms with Crippen LogP contribution in [-0.2, 0) is 42.7 Å². The molecule has 1 rings (SSSR count). The number of hydrogen-bond donors (Lipinski definition) is 1. The average molecular weight is 467 g/mol. The van der Waals surface area contributed by atoms with Crippen LogP contribution in [0.3, 0.4) is 0 Å². The fraction of sp³-hybridized carbons (Fsp3) is 0.700. The second-order valence-electron chi connectivity index (χ2n) is 6.34. The Hall–Kier alpha value is -1.15. The van der Waals surface area contributed by atoms with E-state index in [0.29, 0.717) is 52.9 Å². The fourth-order valence-electron chi connectivity index (χ4n) is 2.14. The summed E-state index contributed by atoms with van der Waals surface area (Å²) in [4.78, 5) is -0.0266. The van der Waals surface area contributed by atoms with Gasteiger partial charge in [0.15, 0.2) is 6.29 Å². The maximum atomic E-state index is 12.0. The summed E-state index contributed by atoms with van der Waals surface area (Å²) in [7, 11) is -2.43. The highest BCUT2D eigenvalue weighted by atomic mass is 32.2. The molecule has 180 valence electrons. The van der Waals surface area contributed by atoms with Crippen LogP contribution in [0.2, 0.25) is 0 Å². The van der Waals surface area contributed by atoms with Crippen molar-refractivity contribution in [1.82, 2.24) is 0 Å². The largest absolute Gasteiger partial charge is 0.382 e. The number of ether oxygens (including phenoxy) is 6. The molecule has 0 amide bonds. The fourth-order valence-corrected chi connectivity index (χ4v) is 3.07. The van der Waals surface area contributed by atoms with Crippen LogP contribution < -0.4 is 0 Å². The first-order chi connectivity index (χ1) is 15.0. The van der Waals surface area contributed by atoms with Gasteiger partial charge in [0, 0.05) is 7.11 Å². The normalized spacial score (nSPS) is 12.9. The predicted molar refractivity (Wildman–Crippen MR) is 111 cm³/mol. The molecule has 1 aromatic rings. The Morgan fingerprint density at radius 1 is 0.742 bits per heavy atom. The number of methoxy groups -OCH3 is 1. The van der Waals surface area contributed by atoms with E-state index in [1.54, 1.807) is 19.2 Å².